The average molecular weight is 255 g/mol. The van der Waals surface area contributed by atoms with E-state index in [2.05, 4.69) is 4.98 Å². The fourth-order valence-corrected chi connectivity index (χ4v) is 3.41. The molecule has 0 spiro atoms. The topological polar surface area (TPSA) is 53.5 Å². The number of pyridine rings is 1. The van der Waals surface area contributed by atoms with Gasteiger partial charge in [-0.2, -0.15) is 17.0 Å². The monoisotopic (exact) mass is 255 g/mol. The van der Waals surface area contributed by atoms with E-state index in [9.17, 15) is 8.42 Å². The van der Waals surface area contributed by atoms with E-state index < -0.39 is 10.2 Å². The summed E-state index contributed by atoms with van der Waals surface area (Å²) in [4.78, 5) is 4.26. The van der Waals surface area contributed by atoms with Crippen LogP contribution in [0.2, 0.25) is 0 Å². The van der Waals surface area contributed by atoms with Crippen molar-refractivity contribution in [2.75, 3.05) is 20.6 Å². The summed E-state index contributed by atoms with van der Waals surface area (Å²) in [5.74, 6) is 0. The van der Waals surface area contributed by atoms with Crippen LogP contribution in [-0.2, 0) is 10.2 Å². The first kappa shape index (κ1) is 12.5. The summed E-state index contributed by atoms with van der Waals surface area (Å²) >= 11 is 0. The van der Waals surface area contributed by atoms with E-state index in [1.807, 2.05) is 18.2 Å². The lowest BCUT2D eigenvalue weighted by Gasteiger charge is -2.26. The number of aromatic nitrogens is 1. The number of hydrogen-bond donors (Lipinski definition) is 0. The lowest BCUT2D eigenvalue weighted by Crippen LogP contribution is -2.39. The molecule has 0 N–H and O–H groups in total. The molecular formula is C11H17N3O2S. The molecule has 0 amide bonds. The van der Waals surface area contributed by atoms with Crippen molar-refractivity contribution in [3.63, 3.8) is 0 Å². The van der Waals surface area contributed by atoms with Gasteiger partial charge in [0.25, 0.3) is 10.2 Å². The summed E-state index contributed by atoms with van der Waals surface area (Å²) in [6.45, 7) is 0.571. The van der Waals surface area contributed by atoms with Crippen molar-refractivity contribution in [1.82, 2.24) is 13.6 Å². The van der Waals surface area contributed by atoms with E-state index >= 15 is 0 Å². The standard InChI is InChI=1S/C11H17N3O2S/c1-13(2)17(15,16)14-9-5-7-11(14)10-6-3-4-8-12-10/h3-4,6,8,11H,5,7,9H2,1-2H3/t11-/m1/s1. The highest BCUT2D eigenvalue weighted by atomic mass is 32.2. The normalized spacial score (nSPS) is 22.2. The maximum absolute atomic E-state index is 12.1. The summed E-state index contributed by atoms with van der Waals surface area (Å²) in [7, 11) is -0.230. The first-order chi connectivity index (χ1) is 8.03. The van der Waals surface area contributed by atoms with Crippen molar-refractivity contribution < 1.29 is 8.42 Å². The van der Waals surface area contributed by atoms with Crippen LogP contribution in [0.4, 0.5) is 0 Å². The van der Waals surface area contributed by atoms with Gasteiger partial charge < -0.3 is 0 Å². The van der Waals surface area contributed by atoms with Gasteiger partial charge in [-0.25, -0.2) is 0 Å². The zero-order valence-corrected chi connectivity index (χ0v) is 10.9. The van der Waals surface area contributed by atoms with Crippen LogP contribution in [0.3, 0.4) is 0 Å². The Kier molecular flexibility index (Phi) is 3.46. The summed E-state index contributed by atoms with van der Waals surface area (Å²) in [5, 5.41) is 0. The van der Waals surface area contributed by atoms with Crippen LogP contribution >= 0.6 is 0 Å². The van der Waals surface area contributed by atoms with Gasteiger partial charge in [0.05, 0.1) is 11.7 Å². The van der Waals surface area contributed by atoms with E-state index in [4.69, 9.17) is 0 Å². The largest absolute Gasteiger partial charge is 0.282 e. The Balaban J connectivity index is 2.31. The van der Waals surface area contributed by atoms with Gasteiger partial charge in [-0.05, 0) is 25.0 Å². The summed E-state index contributed by atoms with van der Waals surface area (Å²) in [5.41, 5.74) is 0.829. The van der Waals surface area contributed by atoms with Crippen molar-refractivity contribution in [2.24, 2.45) is 0 Å². The minimum atomic E-state index is -3.35. The minimum Gasteiger partial charge on any atom is -0.260 e. The second-order valence-electron chi connectivity index (χ2n) is 4.31. The molecule has 1 aliphatic rings. The third-order valence-electron chi connectivity index (χ3n) is 2.99. The van der Waals surface area contributed by atoms with Gasteiger partial charge in [0.1, 0.15) is 0 Å². The molecule has 94 valence electrons. The molecule has 0 bridgehead atoms. The molecule has 1 atom stereocenters. The van der Waals surface area contributed by atoms with Crippen LogP contribution in [0.25, 0.3) is 0 Å². The average Bonchev–Trinajstić information content (AvgIpc) is 2.79. The molecule has 0 saturated carbocycles. The van der Waals surface area contributed by atoms with Gasteiger partial charge in [0, 0.05) is 26.8 Å². The highest BCUT2D eigenvalue weighted by Gasteiger charge is 2.36. The molecule has 1 fully saturated rings. The maximum atomic E-state index is 12.1. The molecule has 0 aliphatic carbocycles. The molecule has 0 radical (unpaired) electrons. The van der Waals surface area contributed by atoms with Crippen molar-refractivity contribution in [2.45, 2.75) is 18.9 Å². The van der Waals surface area contributed by atoms with Crippen LogP contribution < -0.4 is 0 Å². The van der Waals surface area contributed by atoms with Crippen LogP contribution in [0, 0.1) is 0 Å². The highest BCUT2D eigenvalue weighted by Crippen LogP contribution is 2.33. The van der Waals surface area contributed by atoms with Gasteiger partial charge >= 0.3 is 0 Å². The molecule has 1 aromatic heterocycles. The van der Waals surface area contributed by atoms with Gasteiger partial charge in [-0.15, -0.1) is 0 Å². The van der Waals surface area contributed by atoms with Crippen LogP contribution in [-0.4, -0.2) is 42.7 Å². The van der Waals surface area contributed by atoms with Crippen molar-refractivity contribution >= 4 is 10.2 Å². The van der Waals surface area contributed by atoms with Crippen molar-refractivity contribution in [3.05, 3.63) is 30.1 Å². The predicted molar refractivity (Wildman–Crippen MR) is 65.5 cm³/mol. The Morgan fingerprint density at radius 2 is 2.18 bits per heavy atom. The molecule has 0 aromatic carbocycles. The maximum Gasteiger partial charge on any atom is 0.282 e. The molecule has 0 unspecified atom stereocenters. The van der Waals surface area contributed by atoms with Gasteiger partial charge in [0.15, 0.2) is 0 Å². The smallest absolute Gasteiger partial charge is 0.260 e. The summed E-state index contributed by atoms with van der Waals surface area (Å²) in [6.07, 6.45) is 3.42. The zero-order chi connectivity index (χ0) is 12.5. The van der Waals surface area contributed by atoms with E-state index in [0.717, 1.165) is 18.5 Å². The lowest BCUT2D eigenvalue weighted by atomic mass is 10.1. The van der Waals surface area contributed by atoms with E-state index in [0.29, 0.717) is 6.54 Å². The highest BCUT2D eigenvalue weighted by molar-refractivity contribution is 7.86. The fraction of sp³-hybridized carbons (Fsp3) is 0.545. The molecule has 1 aromatic rings. The molecular weight excluding hydrogens is 238 g/mol. The number of rotatable bonds is 3. The van der Waals surface area contributed by atoms with E-state index in [1.165, 1.54) is 8.61 Å². The van der Waals surface area contributed by atoms with Crippen LogP contribution in [0.15, 0.2) is 24.4 Å². The summed E-state index contributed by atoms with van der Waals surface area (Å²) in [6, 6.07) is 5.49. The zero-order valence-electron chi connectivity index (χ0n) is 10.1. The third-order valence-corrected chi connectivity index (χ3v) is 4.94. The number of hydrogen-bond acceptors (Lipinski definition) is 3. The number of nitrogens with zero attached hydrogens (tertiary/aromatic N) is 3. The van der Waals surface area contributed by atoms with E-state index in [1.54, 1.807) is 20.3 Å². The van der Waals surface area contributed by atoms with Crippen molar-refractivity contribution in [1.29, 1.82) is 0 Å². The molecule has 5 nitrogen and oxygen atoms in total. The molecule has 1 saturated heterocycles. The Morgan fingerprint density at radius 1 is 1.41 bits per heavy atom. The molecule has 2 rings (SSSR count). The third kappa shape index (κ3) is 2.34. The molecule has 6 heteroatoms. The Morgan fingerprint density at radius 3 is 2.76 bits per heavy atom. The summed E-state index contributed by atoms with van der Waals surface area (Å²) < 4.78 is 27.1. The molecule has 1 aliphatic heterocycles. The molecule has 2 heterocycles. The predicted octanol–water partition coefficient (Wildman–Crippen LogP) is 1.02. The SMILES string of the molecule is CN(C)S(=O)(=O)N1CCC[C@@H]1c1ccccn1. The Bertz CT molecular complexity index is 473. The van der Waals surface area contributed by atoms with Crippen LogP contribution in [0.5, 0.6) is 0 Å². The second-order valence-corrected chi connectivity index (χ2v) is 6.41. The lowest BCUT2D eigenvalue weighted by molar-refractivity contribution is 0.358. The fourth-order valence-electron chi connectivity index (χ4n) is 2.09. The van der Waals surface area contributed by atoms with Crippen LogP contribution in [0.1, 0.15) is 24.6 Å². The van der Waals surface area contributed by atoms with Crippen molar-refractivity contribution in [3.8, 4) is 0 Å². The Labute approximate surface area is 102 Å². The first-order valence-electron chi connectivity index (χ1n) is 5.63. The minimum absolute atomic E-state index is 0.122. The quantitative estimate of drug-likeness (QED) is 0.810. The first-order valence-corrected chi connectivity index (χ1v) is 7.03. The van der Waals surface area contributed by atoms with Gasteiger partial charge in [-0.1, -0.05) is 6.07 Å². The second kappa shape index (κ2) is 4.72. The van der Waals surface area contributed by atoms with Gasteiger partial charge in [0.2, 0.25) is 0 Å². The van der Waals surface area contributed by atoms with E-state index in [-0.39, 0.29) is 6.04 Å². The molecule has 17 heavy (non-hydrogen) atoms. The Hall–Kier alpha value is -0.980. The van der Waals surface area contributed by atoms with Gasteiger partial charge in [-0.3, -0.25) is 4.98 Å².